The molecular weight excluding hydrogens is 340 g/mol. The zero-order valence-electron chi connectivity index (χ0n) is 13.8. The highest BCUT2D eigenvalue weighted by Gasteiger charge is 2.38. The van der Waals surface area contributed by atoms with Crippen molar-refractivity contribution in [2.75, 3.05) is 13.1 Å². The normalized spacial score (nSPS) is 15.5. The molecule has 0 aliphatic carbocycles. The van der Waals surface area contributed by atoms with Gasteiger partial charge in [0.05, 0.1) is 24.0 Å². The summed E-state index contributed by atoms with van der Waals surface area (Å²) in [5.41, 5.74) is 2.35. The molecule has 0 fully saturated rings. The van der Waals surface area contributed by atoms with Crippen LogP contribution >= 0.6 is 0 Å². The molecule has 2 amide bonds. The molecule has 0 unspecified atom stereocenters. The largest absolute Gasteiger partial charge is 0.481 e. The highest BCUT2D eigenvalue weighted by molar-refractivity contribution is 6.15. The van der Waals surface area contributed by atoms with E-state index in [-0.39, 0.29) is 37.1 Å². The summed E-state index contributed by atoms with van der Waals surface area (Å²) in [4.78, 5) is 49.2. The second-order valence-corrected chi connectivity index (χ2v) is 6.04. The minimum atomic E-state index is -1.03. The first kappa shape index (κ1) is 17.4. The van der Waals surface area contributed by atoms with Crippen molar-refractivity contribution < 1.29 is 29.4 Å². The summed E-state index contributed by atoms with van der Waals surface area (Å²) in [7, 11) is 0. The molecule has 0 spiro atoms. The van der Waals surface area contributed by atoms with Gasteiger partial charge in [0.15, 0.2) is 0 Å². The van der Waals surface area contributed by atoms with Crippen LogP contribution in [-0.2, 0) is 9.59 Å². The zero-order chi connectivity index (χ0) is 19.2. The van der Waals surface area contributed by atoms with E-state index in [0.29, 0.717) is 22.5 Å². The van der Waals surface area contributed by atoms with Crippen molar-refractivity contribution in [3.05, 3.63) is 47.5 Å². The molecule has 134 valence electrons. The molecule has 2 aliphatic rings. The molecule has 26 heavy (non-hydrogen) atoms. The van der Waals surface area contributed by atoms with Crippen molar-refractivity contribution >= 4 is 35.1 Å². The first-order valence-corrected chi connectivity index (χ1v) is 7.86. The molecule has 3 rings (SSSR count). The predicted octanol–water partition coefficient (Wildman–Crippen LogP) is 1.49. The maximum absolute atomic E-state index is 12.6. The van der Waals surface area contributed by atoms with Crippen LogP contribution in [0.4, 0.5) is 0 Å². The lowest BCUT2D eigenvalue weighted by molar-refractivity contribution is -0.138. The fourth-order valence-corrected chi connectivity index (χ4v) is 3.15. The van der Waals surface area contributed by atoms with Crippen LogP contribution in [-0.4, -0.2) is 56.9 Å². The molecule has 2 heterocycles. The minimum absolute atomic E-state index is 0.00796. The van der Waals surface area contributed by atoms with Gasteiger partial charge in [-0.15, -0.1) is 0 Å². The third-order valence-electron chi connectivity index (χ3n) is 4.48. The standard InChI is InChI=1S/C18H16N2O6/c1-9-11-7-12-10(2)20(6-4-16(23)24)18(26)14(12)8-13(11)17(25)19(9)5-3-15(21)22/h7-8H,1-6H2,(H,21,22)(H,23,24). The van der Waals surface area contributed by atoms with Crippen molar-refractivity contribution in [1.82, 2.24) is 9.80 Å². The third-order valence-corrected chi connectivity index (χ3v) is 4.48. The highest BCUT2D eigenvalue weighted by atomic mass is 16.4. The van der Waals surface area contributed by atoms with Gasteiger partial charge in [0.25, 0.3) is 11.8 Å². The van der Waals surface area contributed by atoms with Gasteiger partial charge < -0.3 is 20.0 Å². The Labute approximate surface area is 148 Å². The van der Waals surface area contributed by atoms with Crippen LogP contribution in [0.25, 0.3) is 11.4 Å². The third kappa shape index (κ3) is 2.65. The topological polar surface area (TPSA) is 115 Å². The Bertz CT molecular complexity index is 777. The summed E-state index contributed by atoms with van der Waals surface area (Å²) in [6.45, 7) is 7.70. The average molecular weight is 356 g/mol. The summed E-state index contributed by atoms with van der Waals surface area (Å²) in [5, 5.41) is 17.6. The molecule has 0 radical (unpaired) electrons. The molecule has 0 saturated heterocycles. The Morgan fingerprint density at radius 1 is 0.769 bits per heavy atom. The first-order valence-electron chi connectivity index (χ1n) is 7.86. The molecular formula is C18H16N2O6. The minimum Gasteiger partial charge on any atom is -0.481 e. The van der Waals surface area contributed by atoms with E-state index in [2.05, 4.69) is 13.2 Å². The summed E-state index contributed by atoms with van der Waals surface area (Å²) in [5.74, 6) is -2.86. The van der Waals surface area contributed by atoms with Gasteiger partial charge in [0.1, 0.15) is 0 Å². The van der Waals surface area contributed by atoms with Gasteiger partial charge in [-0.2, -0.15) is 0 Å². The second kappa shape index (κ2) is 6.14. The number of carboxylic acids is 2. The Hall–Kier alpha value is -3.42. The van der Waals surface area contributed by atoms with Gasteiger partial charge in [-0.25, -0.2) is 0 Å². The van der Waals surface area contributed by atoms with Crippen LogP contribution in [0.1, 0.15) is 44.7 Å². The molecule has 0 atom stereocenters. The maximum Gasteiger partial charge on any atom is 0.305 e. The molecule has 0 aromatic heterocycles. The second-order valence-electron chi connectivity index (χ2n) is 6.04. The number of hydrogen-bond acceptors (Lipinski definition) is 4. The van der Waals surface area contributed by atoms with Crippen LogP contribution in [0.3, 0.4) is 0 Å². The Kier molecular flexibility index (Phi) is 4.11. The maximum atomic E-state index is 12.6. The van der Waals surface area contributed by atoms with Crippen LogP contribution in [0, 0.1) is 0 Å². The summed E-state index contributed by atoms with van der Waals surface area (Å²) < 4.78 is 0. The smallest absolute Gasteiger partial charge is 0.305 e. The van der Waals surface area contributed by atoms with Gasteiger partial charge in [-0.1, -0.05) is 13.2 Å². The number of benzene rings is 1. The molecule has 0 bridgehead atoms. The Morgan fingerprint density at radius 3 is 1.46 bits per heavy atom. The molecule has 2 N–H and O–H groups in total. The lowest BCUT2D eigenvalue weighted by Crippen LogP contribution is -2.26. The molecule has 0 saturated carbocycles. The van der Waals surface area contributed by atoms with Gasteiger partial charge in [-0.05, 0) is 12.1 Å². The molecule has 8 heteroatoms. The number of fused-ring (bicyclic) bond motifs is 2. The van der Waals surface area contributed by atoms with E-state index in [1.807, 2.05) is 0 Å². The van der Waals surface area contributed by atoms with Crippen LogP contribution < -0.4 is 0 Å². The summed E-state index contributed by atoms with van der Waals surface area (Å²) in [6, 6.07) is 3.08. The van der Waals surface area contributed by atoms with Crippen LogP contribution in [0.15, 0.2) is 25.3 Å². The van der Waals surface area contributed by atoms with E-state index in [0.717, 1.165) is 0 Å². The fourth-order valence-electron chi connectivity index (χ4n) is 3.15. The molecule has 1 aromatic carbocycles. The lowest BCUT2D eigenvalue weighted by atomic mass is 9.99. The van der Waals surface area contributed by atoms with Crippen molar-refractivity contribution in [3.8, 4) is 0 Å². The summed E-state index contributed by atoms with van der Waals surface area (Å²) in [6.07, 6.45) is -0.430. The average Bonchev–Trinajstić information content (AvgIpc) is 2.95. The van der Waals surface area contributed by atoms with Gasteiger partial charge in [0, 0.05) is 35.6 Å². The quantitative estimate of drug-likeness (QED) is 0.798. The predicted molar refractivity (Wildman–Crippen MR) is 91.1 cm³/mol. The fraction of sp³-hybridized carbons (Fsp3) is 0.222. The lowest BCUT2D eigenvalue weighted by Gasteiger charge is -2.16. The monoisotopic (exact) mass is 356 g/mol. The van der Waals surface area contributed by atoms with Gasteiger partial charge in [0.2, 0.25) is 0 Å². The van der Waals surface area contributed by atoms with Crippen molar-refractivity contribution in [2.24, 2.45) is 0 Å². The van der Waals surface area contributed by atoms with E-state index in [4.69, 9.17) is 10.2 Å². The van der Waals surface area contributed by atoms with Crippen molar-refractivity contribution in [1.29, 1.82) is 0 Å². The van der Waals surface area contributed by atoms with E-state index in [9.17, 15) is 19.2 Å². The number of carbonyl (C=O) groups is 4. The van der Waals surface area contributed by atoms with E-state index < -0.39 is 23.8 Å². The number of rotatable bonds is 6. The SMILES string of the molecule is C=C1c2cc3c(cc2C(=O)N1CCC(=O)O)C(=O)N(CCC(=O)O)C3=C. The van der Waals surface area contributed by atoms with E-state index >= 15 is 0 Å². The highest BCUT2D eigenvalue weighted by Crippen LogP contribution is 2.39. The van der Waals surface area contributed by atoms with E-state index in [1.54, 1.807) is 6.07 Å². The number of hydrogen-bond donors (Lipinski definition) is 2. The number of carbonyl (C=O) groups excluding carboxylic acids is 2. The number of amides is 2. The zero-order valence-corrected chi connectivity index (χ0v) is 13.8. The molecule has 8 nitrogen and oxygen atoms in total. The molecule has 1 aromatic rings. The van der Waals surface area contributed by atoms with Gasteiger partial charge >= 0.3 is 11.9 Å². The van der Waals surface area contributed by atoms with Crippen molar-refractivity contribution in [2.45, 2.75) is 12.8 Å². The number of nitrogens with zero attached hydrogens (tertiary/aromatic N) is 2. The molecule has 2 aliphatic heterocycles. The van der Waals surface area contributed by atoms with Crippen LogP contribution in [0.5, 0.6) is 0 Å². The van der Waals surface area contributed by atoms with E-state index in [1.165, 1.54) is 15.9 Å². The Morgan fingerprint density at radius 2 is 1.12 bits per heavy atom. The number of aliphatic carboxylic acids is 2. The van der Waals surface area contributed by atoms with Gasteiger partial charge in [-0.3, -0.25) is 19.2 Å². The van der Waals surface area contributed by atoms with Crippen LogP contribution in [0.2, 0.25) is 0 Å². The first-order chi connectivity index (χ1) is 12.2. The number of carboxylic acid groups (broad SMARTS) is 2. The summed E-state index contributed by atoms with van der Waals surface area (Å²) >= 11 is 0. The van der Waals surface area contributed by atoms with Crippen molar-refractivity contribution in [3.63, 3.8) is 0 Å². The Balaban J connectivity index is 1.93.